The number of anilines is 1. The minimum Gasteiger partial charge on any atom is -0.493 e. The van der Waals surface area contributed by atoms with E-state index in [4.69, 9.17) is 21.1 Å². The van der Waals surface area contributed by atoms with Crippen LogP contribution in [0, 0.1) is 17.1 Å². The van der Waals surface area contributed by atoms with Crippen LogP contribution in [0.15, 0.2) is 42.0 Å². The van der Waals surface area contributed by atoms with Crippen molar-refractivity contribution in [1.82, 2.24) is 10.2 Å². The topological polar surface area (TPSA) is 97.1 Å². The van der Waals surface area contributed by atoms with Crippen LogP contribution in [0.2, 0.25) is 5.02 Å². The van der Waals surface area contributed by atoms with Crippen molar-refractivity contribution < 1.29 is 18.7 Å². The highest BCUT2D eigenvalue weighted by Crippen LogP contribution is 2.37. The van der Waals surface area contributed by atoms with E-state index in [9.17, 15) is 14.4 Å². The molecule has 1 N–H and O–H groups in total. The van der Waals surface area contributed by atoms with Crippen LogP contribution in [0.4, 0.5) is 9.52 Å². The Hall–Kier alpha value is -3.48. The van der Waals surface area contributed by atoms with Crippen LogP contribution >= 0.6 is 22.9 Å². The van der Waals surface area contributed by atoms with E-state index in [0.29, 0.717) is 16.3 Å². The normalized spacial score (nSPS) is 11.1. The number of amides is 1. The van der Waals surface area contributed by atoms with E-state index in [2.05, 4.69) is 22.4 Å². The van der Waals surface area contributed by atoms with E-state index >= 15 is 0 Å². The smallest absolute Gasteiger partial charge is 0.268 e. The highest BCUT2D eigenvalue weighted by molar-refractivity contribution is 7.15. The second-order valence-corrected chi connectivity index (χ2v) is 8.61. The van der Waals surface area contributed by atoms with E-state index in [1.807, 2.05) is 6.07 Å². The lowest BCUT2D eigenvalue weighted by Gasteiger charge is -2.14. The molecule has 0 aliphatic rings. The van der Waals surface area contributed by atoms with Crippen molar-refractivity contribution in [2.45, 2.75) is 32.8 Å². The number of halogens is 2. The minimum atomic E-state index is -0.615. The van der Waals surface area contributed by atoms with E-state index < -0.39 is 11.7 Å². The van der Waals surface area contributed by atoms with Crippen molar-refractivity contribution in [3.63, 3.8) is 0 Å². The fraction of sp³-hybridized carbons (Fsp3) is 0.250. The zero-order valence-electron chi connectivity index (χ0n) is 18.6. The molecule has 176 valence electrons. The van der Waals surface area contributed by atoms with Crippen molar-refractivity contribution in [1.29, 1.82) is 5.26 Å². The molecule has 0 spiro atoms. The van der Waals surface area contributed by atoms with Gasteiger partial charge in [0.05, 0.1) is 12.1 Å². The van der Waals surface area contributed by atoms with Gasteiger partial charge in [-0.25, -0.2) is 4.39 Å². The molecule has 1 aromatic heterocycles. The highest BCUT2D eigenvalue weighted by Gasteiger charge is 2.16. The van der Waals surface area contributed by atoms with Gasteiger partial charge >= 0.3 is 0 Å². The first-order valence-corrected chi connectivity index (χ1v) is 11.6. The van der Waals surface area contributed by atoms with Gasteiger partial charge in [-0.05, 0) is 36.3 Å². The van der Waals surface area contributed by atoms with Crippen molar-refractivity contribution >= 4 is 40.1 Å². The molecule has 34 heavy (non-hydrogen) atoms. The summed E-state index contributed by atoms with van der Waals surface area (Å²) in [6.07, 6.45) is 4.17. The molecule has 10 heteroatoms. The summed E-state index contributed by atoms with van der Waals surface area (Å²) in [6.45, 7) is 2.03. The minimum absolute atomic E-state index is 0.0497. The number of nitrogens with zero attached hydrogens (tertiary/aromatic N) is 3. The zero-order valence-corrected chi connectivity index (χ0v) is 20.2. The molecular formula is C24H22ClFN4O3S. The van der Waals surface area contributed by atoms with Gasteiger partial charge in [-0.3, -0.25) is 10.1 Å². The quantitative estimate of drug-likeness (QED) is 0.279. The number of unbranched alkanes of at least 4 members (excludes halogenated alkanes) is 1. The Morgan fingerprint density at radius 2 is 2.12 bits per heavy atom. The maximum Gasteiger partial charge on any atom is 0.268 e. The number of carbonyl (C=O) groups excluding carboxylic acids is 1. The molecule has 0 unspecified atom stereocenters. The second-order valence-electron chi connectivity index (χ2n) is 7.14. The predicted octanol–water partition coefficient (Wildman–Crippen LogP) is 5.81. The van der Waals surface area contributed by atoms with Gasteiger partial charge in [-0.15, -0.1) is 10.2 Å². The molecule has 1 amide bonds. The van der Waals surface area contributed by atoms with E-state index in [1.165, 1.54) is 36.7 Å². The van der Waals surface area contributed by atoms with Crippen LogP contribution in [0.1, 0.15) is 35.9 Å². The van der Waals surface area contributed by atoms with Crippen LogP contribution in [0.5, 0.6) is 11.5 Å². The number of benzene rings is 2. The first kappa shape index (κ1) is 25.1. The molecule has 0 saturated heterocycles. The number of aryl methyl sites for hydroxylation is 1. The van der Waals surface area contributed by atoms with Gasteiger partial charge in [0.25, 0.3) is 5.91 Å². The summed E-state index contributed by atoms with van der Waals surface area (Å²) in [4.78, 5) is 12.6. The van der Waals surface area contributed by atoms with Crippen LogP contribution < -0.4 is 14.8 Å². The monoisotopic (exact) mass is 500 g/mol. The first-order chi connectivity index (χ1) is 16.4. The maximum atomic E-state index is 13.9. The molecule has 7 nitrogen and oxygen atoms in total. The zero-order chi connectivity index (χ0) is 24.5. The van der Waals surface area contributed by atoms with Crippen molar-refractivity contribution in [2.24, 2.45) is 0 Å². The Morgan fingerprint density at radius 1 is 1.32 bits per heavy atom. The third-order valence-corrected chi connectivity index (χ3v) is 5.87. The molecule has 0 fully saturated rings. The number of aromatic nitrogens is 2. The Kier molecular flexibility index (Phi) is 8.96. The number of rotatable bonds is 10. The number of hydrogen-bond donors (Lipinski definition) is 1. The van der Waals surface area contributed by atoms with E-state index in [0.717, 1.165) is 24.3 Å². The summed E-state index contributed by atoms with van der Waals surface area (Å²) >= 11 is 7.65. The lowest BCUT2D eigenvalue weighted by atomic mass is 10.1. The lowest BCUT2D eigenvalue weighted by Crippen LogP contribution is -2.13. The van der Waals surface area contributed by atoms with E-state index in [1.54, 1.807) is 24.3 Å². The largest absolute Gasteiger partial charge is 0.493 e. The number of hydrogen-bond acceptors (Lipinski definition) is 7. The van der Waals surface area contributed by atoms with Gasteiger partial charge in [0.1, 0.15) is 29.1 Å². The van der Waals surface area contributed by atoms with Gasteiger partial charge < -0.3 is 9.47 Å². The number of nitriles is 1. The third kappa shape index (κ3) is 6.53. The molecule has 0 radical (unpaired) electrons. The molecule has 1 heterocycles. The molecule has 2 aromatic carbocycles. The molecule has 3 aromatic rings. The highest BCUT2D eigenvalue weighted by atomic mass is 35.5. The Bertz CT molecular complexity index is 1240. The Balaban J connectivity index is 1.77. The second kappa shape index (κ2) is 12.1. The molecule has 0 aliphatic heterocycles. The SMILES string of the molecule is CCCCc1nnc(NC(=O)/C(C#N)=C\c2cc(Cl)c(OCc3ccccc3F)c(OC)c2)s1. The third-order valence-electron chi connectivity index (χ3n) is 4.69. The molecule has 3 rings (SSSR count). The van der Waals surface area contributed by atoms with Crippen LogP contribution in [0.3, 0.4) is 0 Å². The molecule has 0 bridgehead atoms. The van der Waals surface area contributed by atoms with Crippen LogP contribution in [0.25, 0.3) is 6.08 Å². The number of ether oxygens (including phenoxy) is 2. The van der Waals surface area contributed by atoms with E-state index in [-0.39, 0.29) is 28.7 Å². The molecule has 0 aliphatic carbocycles. The summed E-state index contributed by atoms with van der Waals surface area (Å²) in [6, 6.07) is 11.2. The average Bonchev–Trinajstić information content (AvgIpc) is 3.28. The number of methoxy groups -OCH3 is 1. The van der Waals surface area contributed by atoms with Gasteiger partial charge in [-0.2, -0.15) is 5.26 Å². The Morgan fingerprint density at radius 3 is 2.82 bits per heavy atom. The van der Waals surface area contributed by atoms with Crippen LogP contribution in [-0.4, -0.2) is 23.2 Å². The van der Waals surface area contributed by atoms with Gasteiger partial charge in [0, 0.05) is 12.0 Å². The molecule has 0 atom stereocenters. The van der Waals surface area contributed by atoms with Crippen molar-refractivity contribution in [2.75, 3.05) is 12.4 Å². The molecule has 0 saturated carbocycles. The number of nitrogens with one attached hydrogen (secondary N) is 1. The van der Waals surface area contributed by atoms with Crippen molar-refractivity contribution in [3.05, 3.63) is 68.9 Å². The van der Waals surface area contributed by atoms with Gasteiger partial charge in [0.15, 0.2) is 11.5 Å². The molecular weight excluding hydrogens is 479 g/mol. The summed E-state index contributed by atoms with van der Waals surface area (Å²) in [7, 11) is 1.43. The standard InChI is InChI=1S/C24H22ClFN4O3S/c1-3-4-9-21-29-30-24(34-21)28-23(31)17(13-27)10-15-11-18(25)22(20(12-15)32-2)33-14-16-7-5-6-8-19(16)26/h5-8,10-12H,3-4,9,14H2,1-2H3,(H,28,30,31)/b17-10-. The average molecular weight is 501 g/mol. The summed E-state index contributed by atoms with van der Waals surface area (Å²) < 4.78 is 24.9. The summed E-state index contributed by atoms with van der Waals surface area (Å²) in [5.41, 5.74) is 0.665. The van der Waals surface area contributed by atoms with Crippen molar-refractivity contribution in [3.8, 4) is 17.6 Å². The first-order valence-electron chi connectivity index (χ1n) is 10.4. The fourth-order valence-corrected chi connectivity index (χ4v) is 3.99. The number of carbonyl (C=O) groups is 1. The van der Waals surface area contributed by atoms with Crippen LogP contribution in [-0.2, 0) is 17.8 Å². The summed E-state index contributed by atoms with van der Waals surface area (Å²) in [5.74, 6) is -0.510. The summed E-state index contributed by atoms with van der Waals surface area (Å²) in [5, 5.41) is 21.4. The van der Waals surface area contributed by atoms with Gasteiger partial charge in [0.2, 0.25) is 5.13 Å². The van der Waals surface area contributed by atoms with Gasteiger partial charge in [-0.1, -0.05) is 54.5 Å². The Labute approximate surface area is 205 Å². The fourth-order valence-electron chi connectivity index (χ4n) is 2.94. The predicted molar refractivity (Wildman–Crippen MR) is 129 cm³/mol. The lowest BCUT2D eigenvalue weighted by molar-refractivity contribution is -0.112. The maximum absolute atomic E-state index is 13.9.